The van der Waals surface area contributed by atoms with Crippen molar-refractivity contribution in [3.8, 4) is 5.75 Å². The second-order valence-electron chi connectivity index (χ2n) is 8.98. The van der Waals surface area contributed by atoms with Gasteiger partial charge in [-0.1, -0.05) is 68.1 Å². The summed E-state index contributed by atoms with van der Waals surface area (Å²) in [4.78, 5) is 4.32. The molecule has 3 aromatic rings. The monoisotopic (exact) mass is 457 g/mol. The van der Waals surface area contributed by atoms with Gasteiger partial charge in [-0.15, -0.1) is 5.10 Å². The molecule has 1 aromatic heterocycles. The number of pyridine rings is 1. The minimum atomic E-state index is 0.335. The zero-order valence-corrected chi connectivity index (χ0v) is 19.9. The highest BCUT2D eigenvalue weighted by Crippen LogP contribution is 2.38. The molecule has 4 N–H and O–H groups in total. The van der Waals surface area contributed by atoms with E-state index in [-0.39, 0.29) is 0 Å². The highest BCUT2D eigenvalue weighted by atomic mass is 16.5. The third-order valence-corrected chi connectivity index (χ3v) is 6.61. The standard InChI is InChI=1S/C28H35N5O/c1-2-33(30)32-28(29)24-12-10-22(11-13-24)27(19-21-7-3-4-8-21)23-14-16-26(17-15-23)34-20-25-9-5-6-18-31-25/h5-6,9-18,21,27H,2-4,7-8,19-20,30H2,1H3,(H2,29,32)/t27-/m1/s1. The third kappa shape index (κ3) is 6.35. The summed E-state index contributed by atoms with van der Waals surface area (Å²) in [5.41, 5.74) is 10.5. The van der Waals surface area contributed by atoms with Crippen LogP contribution in [-0.4, -0.2) is 22.5 Å². The van der Waals surface area contributed by atoms with E-state index in [4.69, 9.17) is 16.3 Å². The van der Waals surface area contributed by atoms with Crippen molar-refractivity contribution in [2.75, 3.05) is 6.54 Å². The fraction of sp³-hybridized carbons (Fsp3) is 0.357. The Balaban J connectivity index is 1.51. The maximum absolute atomic E-state index is 6.14. The molecule has 0 spiro atoms. The molecule has 6 heteroatoms. The molecule has 6 nitrogen and oxygen atoms in total. The van der Waals surface area contributed by atoms with Crippen molar-refractivity contribution in [2.45, 2.75) is 51.6 Å². The number of rotatable bonds is 10. The topological polar surface area (TPSA) is 89.8 Å². The van der Waals surface area contributed by atoms with Crippen LogP contribution in [0.4, 0.5) is 0 Å². The summed E-state index contributed by atoms with van der Waals surface area (Å²) in [5, 5.41) is 5.57. The number of amidine groups is 1. The molecule has 34 heavy (non-hydrogen) atoms. The largest absolute Gasteiger partial charge is 0.487 e. The molecule has 2 aromatic carbocycles. The fourth-order valence-electron chi connectivity index (χ4n) is 4.63. The molecule has 1 aliphatic rings. The summed E-state index contributed by atoms with van der Waals surface area (Å²) in [5.74, 6) is 8.17. The van der Waals surface area contributed by atoms with E-state index in [1.165, 1.54) is 41.9 Å². The molecule has 1 saturated carbocycles. The van der Waals surface area contributed by atoms with Crippen molar-refractivity contribution in [3.05, 3.63) is 95.3 Å². The first-order chi connectivity index (χ1) is 16.6. The van der Waals surface area contributed by atoms with Crippen molar-refractivity contribution in [3.63, 3.8) is 0 Å². The Kier molecular flexibility index (Phi) is 8.15. The number of hydrazine groups is 1. The lowest BCUT2D eigenvalue weighted by molar-refractivity contribution is 0.301. The molecule has 0 radical (unpaired) electrons. The van der Waals surface area contributed by atoms with E-state index < -0.39 is 0 Å². The van der Waals surface area contributed by atoms with Gasteiger partial charge < -0.3 is 10.5 Å². The van der Waals surface area contributed by atoms with E-state index in [1.807, 2.05) is 37.3 Å². The van der Waals surface area contributed by atoms with Gasteiger partial charge in [0, 0.05) is 17.7 Å². The normalized spacial score (nSPS) is 15.3. The molecule has 4 rings (SSSR count). The van der Waals surface area contributed by atoms with Crippen LogP contribution in [-0.2, 0) is 6.61 Å². The molecular weight excluding hydrogens is 422 g/mol. The van der Waals surface area contributed by atoms with Gasteiger partial charge >= 0.3 is 0 Å². The average molecular weight is 458 g/mol. The second kappa shape index (κ2) is 11.7. The van der Waals surface area contributed by atoms with Crippen LogP contribution >= 0.6 is 0 Å². The van der Waals surface area contributed by atoms with Gasteiger partial charge in [-0.3, -0.25) is 4.98 Å². The Morgan fingerprint density at radius 2 is 1.71 bits per heavy atom. The number of nitrogens with two attached hydrogens (primary N) is 2. The number of nitrogens with zero attached hydrogens (tertiary/aromatic N) is 3. The number of aromatic nitrogens is 1. The van der Waals surface area contributed by atoms with Crippen LogP contribution in [0, 0.1) is 5.92 Å². The number of ether oxygens (including phenoxy) is 1. The smallest absolute Gasteiger partial charge is 0.152 e. The van der Waals surface area contributed by atoms with Crippen molar-refractivity contribution in [2.24, 2.45) is 22.6 Å². The van der Waals surface area contributed by atoms with Gasteiger partial charge in [0.15, 0.2) is 5.84 Å². The van der Waals surface area contributed by atoms with Crippen LogP contribution in [0.25, 0.3) is 0 Å². The van der Waals surface area contributed by atoms with Gasteiger partial charge in [-0.2, -0.15) is 0 Å². The highest BCUT2D eigenvalue weighted by Gasteiger charge is 2.23. The highest BCUT2D eigenvalue weighted by molar-refractivity contribution is 5.97. The Morgan fingerprint density at radius 3 is 2.32 bits per heavy atom. The molecule has 0 unspecified atom stereocenters. The first kappa shape index (κ1) is 23.8. The lowest BCUT2D eigenvalue weighted by Crippen LogP contribution is -2.29. The lowest BCUT2D eigenvalue weighted by Gasteiger charge is -2.22. The van der Waals surface area contributed by atoms with Crippen LogP contribution < -0.4 is 16.3 Å². The van der Waals surface area contributed by atoms with E-state index in [0.717, 1.165) is 29.3 Å². The summed E-state index contributed by atoms with van der Waals surface area (Å²) < 4.78 is 5.95. The summed E-state index contributed by atoms with van der Waals surface area (Å²) >= 11 is 0. The van der Waals surface area contributed by atoms with Gasteiger partial charge in [0.05, 0.1) is 12.2 Å². The molecule has 1 atom stereocenters. The SMILES string of the molecule is CCN(N)/N=C(/N)c1ccc([C@@H](CC2CCCC2)c2ccc(OCc3ccccn3)cc2)cc1. The van der Waals surface area contributed by atoms with E-state index in [2.05, 4.69) is 46.5 Å². The van der Waals surface area contributed by atoms with E-state index in [0.29, 0.717) is 24.9 Å². The quantitative estimate of drug-likeness (QED) is 0.189. The minimum absolute atomic E-state index is 0.335. The Bertz CT molecular complexity index is 1040. The van der Waals surface area contributed by atoms with E-state index in [1.54, 1.807) is 6.20 Å². The maximum atomic E-state index is 6.14. The molecule has 0 amide bonds. The van der Waals surface area contributed by atoms with Gasteiger partial charge in [-0.25, -0.2) is 11.0 Å². The molecule has 1 fully saturated rings. The number of hydrazone groups is 1. The third-order valence-electron chi connectivity index (χ3n) is 6.61. The van der Waals surface area contributed by atoms with Crippen molar-refractivity contribution in [1.82, 2.24) is 10.1 Å². The second-order valence-corrected chi connectivity index (χ2v) is 8.98. The van der Waals surface area contributed by atoms with Crippen LogP contribution in [0.2, 0.25) is 0 Å². The average Bonchev–Trinajstić information content (AvgIpc) is 3.40. The van der Waals surface area contributed by atoms with Gasteiger partial charge in [0.1, 0.15) is 12.4 Å². The van der Waals surface area contributed by atoms with Crippen LogP contribution in [0.3, 0.4) is 0 Å². The predicted molar refractivity (Wildman–Crippen MR) is 137 cm³/mol. The molecule has 1 aliphatic carbocycles. The molecule has 1 heterocycles. The zero-order valence-electron chi connectivity index (χ0n) is 19.9. The zero-order chi connectivity index (χ0) is 23.8. The fourth-order valence-corrected chi connectivity index (χ4v) is 4.63. The Labute approximate surface area is 202 Å². The number of hydrogen-bond acceptors (Lipinski definition) is 5. The maximum Gasteiger partial charge on any atom is 0.152 e. The van der Waals surface area contributed by atoms with Gasteiger partial charge in [0.2, 0.25) is 0 Å². The summed E-state index contributed by atoms with van der Waals surface area (Å²) in [6.45, 7) is 3.00. The summed E-state index contributed by atoms with van der Waals surface area (Å²) in [6, 6.07) is 22.8. The van der Waals surface area contributed by atoms with Crippen molar-refractivity contribution in [1.29, 1.82) is 0 Å². The first-order valence-electron chi connectivity index (χ1n) is 12.2. The summed E-state index contributed by atoms with van der Waals surface area (Å²) in [6.07, 6.45) is 8.28. The number of benzene rings is 2. The van der Waals surface area contributed by atoms with Crippen LogP contribution in [0.5, 0.6) is 5.75 Å². The van der Waals surface area contributed by atoms with Crippen LogP contribution in [0.1, 0.15) is 67.3 Å². The summed E-state index contributed by atoms with van der Waals surface area (Å²) in [7, 11) is 0. The molecule has 0 aliphatic heterocycles. The first-order valence-corrected chi connectivity index (χ1v) is 12.2. The predicted octanol–water partition coefficient (Wildman–Crippen LogP) is 5.19. The van der Waals surface area contributed by atoms with Crippen molar-refractivity contribution < 1.29 is 4.74 Å². The van der Waals surface area contributed by atoms with E-state index >= 15 is 0 Å². The van der Waals surface area contributed by atoms with Crippen molar-refractivity contribution >= 4 is 5.84 Å². The lowest BCUT2D eigenvalue weighted by atomic mass is 9.83. The van der Waals surface area contributed by atoms with Gasteiger partial charge in [-0.05, 0) is 54.7 Å². The van der Waals surface area contributed by atoms with Gasteiger partial charge in [0.25, 0.3) is 0 Å². The molecule has 178 valence electrons. The Morgan fingerprint density at radius 1 is 1.03 bits per heavy atom. The molecule has 0 bridgehead atoms. The Hall–Kier alpha value is -3.38. The van der Waals surface area contributed by atoms with Crippen LogP contribution in [0.15, 0.2) is 78.0 Å². The minimum Gasteiger partial charge on any atom is -0.487 e. The van der Waals surface area contributed by atoms with E-state index in [9.17, 15) is 0 Å². The molecule has 0 saturated heterocycles. The molecular formula is C28H35N5O. The number of hydrogen-bond donors (Lipinski definition) is 2.